The van der Waals surface area contributed by atoms with Crippen LogP contribution < -0.4 is 10.1 Å². The van der Waals surface area contributed by atoms with Crippen molar-refractivity contribution in [1.82, 2.24) is 45.4 Å². The predicted octanol–water partition coefficient (Wildman–Crippen LogP) is 3.61. The Morgan fingerprint density at radius 3 is 2.64 bits per heavy atom. The molecule has 5 rings (SSSR count). The summed E-state index contributed by atoms with van der Waals surface area (Å²) < 4.78 is 21.1. The molecular weight excluding hydrogens is 447 g/mol. The maximum Gasteiger partial charge on any atom is 0.206 e. The first-order valence-corrected chi connectivity index (χ1v) is 10.4. The number of benzene rings is 1. The summed E-state index contributed by atoms with van der Waals surface area (Å²) in [6.45, 7) is 0. The molecule has 0 spiro atoms. The van der Waals surface area contributed by atoms with Crippen LogP contribution in [0, 0.1) is 5.82 Å². The van der Waals surface area contributed by atoms with Gasteiger partial charge >= 0.3 is 0 Å². The van der Waals surface area contributed by atoms with E-state index in [1.54, 1.807) is 47.6 Å². The minimum absolute atomic E-state index is 0.351. The summed E-state index contributed by atoms with van der Waals surface area (Å²) in [6.07, 6.45) is 4.92. The van der Waals surface area contributed by atoms with Crippen LogP contribution in [0.5, 0.6) is 11.5 Å². The summed E-state index contributed by atoms with van der Waals surface area (Å²) in [4.78, 5) is 9.67. The average molecular weight is 462 g/mol. The molecule has 4 heterocycles. The van der Waals surface area contributed by atoms with Crippen molar-refractivity contribution in [3.63, 3.8) is 0 Å². The third-order valence-corrected chi connectivity index (χ3v) is 5.37. The van der Waals surface area contributed by atoms with Crippen molar-refractivity contribution in [2.24, 2.45) is 7.05 Å². The smallest absolute Gasteiger partial charge is 0.206 e. The number of hydrogen-bond donors (Lipinski definition) is 2. The van der Waals surface area contributed by atoms with E-state index in [1.807, 2.05) is 13.1 Å². The lowest BCUT2D eigenvalue weighted by Gasteiger charge is -2.13. The quantitative estimate of drug-likeness (QED) is 0.369. The standard InChI is InChI=1S/C20H15FN10OS/c1-31-11-24-28-20(31)33-15-8-16(32-14-5-3-13(21)4-6-14)19(23-10-15)25-17-7-2-12(9-22-17)18-26-29-30-27-18/h2-11H,1H3,(H,22,23,25)(H,26,27,29,30). The van der Waals surface area contributed by atoms with E-state index in [0.29, 0.717) is 39.7 Å². The van der Waals surface area contributed by atoms with Crippen LogP contribution in [0.2, 0.25) is 0 Å². The Hall–Kier alpha value is -4.39. The topological polar surface area (TPSA) is 132 Å². The molecule has 0 aliphatic carbocycles. The zero-order valence-electron chi connectivity index (χ0n) is 17.0. The first-order chi connectivity index (χ1) is 16.1. The molecule has 1 aromatic carbocycles. The van der Waals surface area contributed by atoms with Gasteiger partial charge in [-0.25, -0.2) is 14.4 Å². The summed E-state index contributed by atoms with van der Waals surface area (Å²) in [5.41, 5.74) is 0.709. The number of nitrogens with one attached hydrogen (secondary N) is 2. The monoisotopic (exact) mass is 462 g/mol. The molecule has 33 heavy (non-hydrogen) atoms. The van der Waals surface area contributed by atoms with E-state index in [9.17, 15) is 4.39 Å². The second-order valence-corrected chi connectivity index (χ2v) is 7.73. The third-order valence-electron chi connectivity index (χ3n) is 4.36. The SMILES string of the molecule is Cn1cnnc1Sc1cnc(Nc2ccc(-c3nn[nH]n3)cn2)c(Oc2ccc(F)cc2)c1. The summed E-state index contributed by atoms with van der Waals surface area (Å²) >= 11 is 1.38. The molecule has 0 saturated heterocycles. The molecule has 4 aromatic heterocycles. The molecular formula is C20H15FN10OS. The van der Waals surface area contributed by atoms with Gasteiger partial charge in [-0.15, -0.1) is 20.4 Å². The van der Waals surface area contributed by atoms with Crippen molar-refractivity contribution in [3.05, 3.63) is 67.0 Å². The van der Waals surface area contributed by atoms with Crippen molar-refractivity contribution in [1.29, 1.82) is 0 Å². The minimum Gasteiger partial charge on any atom is -0.453 e. The number of nitrogens with zero attached hydrogens (tertiary/aromatic N) is 8. The maximum absolute atomic E-state index is 13.3. The van der Waals surface area contributed by atoms with Crippen molar-refractivity contribution < 1.29 is 9.13 Å². The molecule has 5 aromatic rings. The molecule has 0 unspecified atom stereocenters. The Balaban J connectivity index is 1.43. The summed E-state index contributed by atoms with van der Waals surface area (Å²) in [6, 6.07) is 11.1. The maximum atomic E-state index is 13.3. The van der Waals surface area contributed by atoms with Gasteiger partial charge in [-0.3, -0.25) is 0 Å². The summed E-state index contributed by atoms with van der Waals surface area (Å²) in [7, 11) is 1.85. The molecule has 0 saturated carbocycles. The number of pyridine rings is 2. The first kappa shape index (κ1) is 20.5. The van der Waals surface area contributed by atoms with Crippen LogP contribution in [0.3, 0.4) is 0 Å². The number of hydrogen-bond acceptors (Lipinski definition) is 10. The molecule has 11 nitrogen and oxygen atoms in total. The van der Waals surface area contributed by atoms with E-state index in [-0.39, 0.29) is 5.82 Å². The zero-order chi connectivity index (χ0) is 22.6. The lowest BCUT2D eigenvalue weighted by Crippen LogP contribution is -2.00. The summed E-state index contributed by atoms with van der Waals surface area (Å²) in [5, 5.41) is 25.6. The van der Waals surface area contributed by atoms with Crippen molar-refractivity contribution in [2.75, 3.05) is 5.32 Å². The number of H-pyrrole nitrogens is 1. The Labute approximate surface area is 190 Å². The minimum atomic E-state index is -0.351. The highest BCUT2D eigenvalue weighted by atomic mass is 32.2. The van der Waals surface area contributed by atoms with Crippen LogP contribution in [-0.2, 0) is 7.05 Å². The van der Waals surface area contributed by atoms with Gasteiger partial charge in [-0.1, -0.05) is 0 Å². The van der Waals surface area contributed by atoms with Gasteiger partial charge < -0.3 is 14.6 Å². The van der Waals surface area contributed by atoms with E-state index in [2.05, 4.69) is 46.1 Å². The van der Waals surface area contributed by atoms with E-state index >= 15 is 0 Å². The average Bonchev–Trinajstić information content (AvgIpc) is 3.50. The Morgan fingerprint density at radius 1 is 1.06 bits per heavy atom. The molecule has 0 aliphatic heterocycles. The Kier molecular flexibility index (Phi) is 5.59. The van der Waals surface area contributed by atoms with E-state index < -0.39 is 0 Å². The lowest BCUT2D eigenvalue weighted by molar-refractivity contribution is 0.479. The molecule has 0 radical (unpaired) electrons. The highest BCUT2D eigenvalue weighted by Gasteiger charge is 2.13. The van der Waals surface area contributed by atoms with E-state index in [4.69, 9.17) is 4.74 Å². The molecule has 0 aliphatic rings. The molecule has 0 fully saturated rings. The third kappa shape index (κ3) is 4.77. The highest BCUT2D eigenvalue weighted by molar-refractivity contribution is 7.99. The van der Waals surface area contributed by atoms with Gasteiger partial charge in [0.1, 0.15) is 23.7 Å². The van der Waals surface area contributed by atoms with Crippen molar-refractivity contribution >= 4 is 23.4 Å². The first-order valence-electron chi connectivity index (χ1n) is 9.56. The van der Waals surface area contributed by atoms with Gasteiger partial charge in [0, 0.05) is 36.0 Å². The number of tetrazole rings is 1. The number of ether oxygens (including phenoxy) is 1. The highest BCUT2D eigenvalue weighted by Crippen LogP contribution is 2.35. The number of anilines is 2. The molecule has 13 heteroatoms. The predicted molar refractivity (Wildman–Crippen MR) is 117 cm³/mol. The number of halogens is 1. The lowest BCUT2D eigenvalue weighted by atomic mass is 10.2. The summed E-state index contributed by atoms with van der Waals surface area (Å²) in [5.74, 6) is 1.95. The van der Waals surface area contributed by atoms with Gasteiger partial charge in [0.05, 0.1) is 0 Å². The number of rotatable bonds is 7. The molecule has 164 valence electrons. The van der Waals surface area contributed by atoms with Crippen molar-refractivity contribution in [3.8, 4) is 22.9 Å². The van der Waals surface area contributed by atoms with Gasteiger partial charge in [0.25, 0.3) is 0 Å². The second kappa shape index (κ2) is 9.00. The fraction of sp³-hybridized carbons (Fsp3) is 0.0500. The Morgan fingerprint density at radius 2 is 1.94 bits per heavy atom. The number of aromatic amines is 1. The molecule has 0 amide bonds. The van der Waals surface area contributed by atoms with Crippen LogP contribution in [0.15, 0.2) is 71.2 Å². The number of aryl methyl sites for hydroxylation is 1. The Bertz CT molecular complexity index is 1360. The fourth-order valence-corrected chi connectivity index (χ4v) is 3.52. The van der Waals surface area contributed by atoms with Crippen LogP contribution in [0.1, 0.15) is 0 Å². The van der Waals surface area contributed by atoms with E-state index in [1.165, 1.54) is 23.9 Å². The van der Waals surface area contributed by atoms with E-state index in [0.717, 1.165) is 4.90 Å². The van der Waals surface area contributed by atoms with Gasteiger partial charge in [0.15, 0.2) is 16.7 Å². The normalized spacial score (nSPS) is 10.8. The molecule has 0 bridgehead atoms. The zero-order valence-corrected chi connectivity index (χ0v) is 17.9. The van der Waals surface area contributed by atoms with Gasteiger partial charge in [-0.2, -0.15) is 5.21 Å². The van der Waals surface area contributed by atoms with Crippen LogP contribution in [0.4, 0.5) is 16.0 Å². The van der Waals surface area contributed by atoms with Crippen molar-refractivity contribution in [2.45, 2.75) is 10.1 Å². The molecule has 2 N–H and O–H groups in total. The van der Waals surface area contributed by atoms with Gasteiger partial charge in [0.2, 0.25) is 5.82 Å². The second-order valence-electron chi connectivity index (χ2n) is 6.69. The molecule has 0 atom stereocenters. The van der Waals surface area contributed by atoms with Crippen LogP contribution in [-0.4, -0.2) is 45.4 Å². The number of aromatic nitrogens is 9. The fourth-order valence-electron chi connectivity index (χ4n) is 2.76. The van der Waals surface area contributed by atoms with Gasteiger partial charge in [-0.05, 0) is 53.4 Å². The van der Waals surface area contributed by atoms with Crippen LogP contribution >= 0.6 is 11.8 Å². The largest absolute Gasteiger partial charge is 0.453 e. The van der Waals surface area contributed by atoms with Crippen LogP contribution in [0.25, 0.3) is 11.4 Å².